The Balaban J connectivity index is 3.31. The van der Waals surface area contributed by atoms with E-state index < -0.39 is 11.6 Å². The van der Waals surface area contributed by atoms with E-state index in [9.17, 15) is 9.18 Å². The van der Waals surface area contributed by atoms with Gasteiger partial charge in [0.1, 0.15) is 0 Å². The first-order valence-corrected chi connectivity index (χ1v) is 4.29. The summed E-state index contributed by atoms with van der Waals surface area (Å²) in [5.41, 5.74) is 0.318. The lowest BCUT2D eigenvalue weighted by molar-refractivity contribution is 0.101. The van der Waals surface area contributed by atoms with Gasteiger partial charge in [-0.25, -0.2) is 4.39 Å². The fraction of sp³-hybridized carbons (Fsp3) is 0.125. The summed E-state index contributed by atoms with van der Waals surface area (Å²) in [4.78, 5) is 10.8. The SMILES string of the molecule is CC(=O)c1cc(O)c(F)c(I)c1. The van der Waals surface area contributed by atoms with Crippen molar-refractivity contribution >= 4 is 28.4 Å². The number of phenolic OH excluding ortho intramolecular Hbond substituents is 1. The van der Waals surface area contributed by atoms with Crippen LogP contribution in [0.3, 0.4) is 0 Å². The molecule has 0 atom stereocenters. The normalized spacial score (nSPS) is 9.92. The Morgan fingerprint density at radius 3 is 2.58 bits per heavy atom. The highest BCUT2D eigenvalue weighted by molar-refractivity contribution is 14.1. The summed E-state index contributed by atoms with van der Waals surface area (Å²) in [6, 6.07) is 2.53. The molecule has 0 aliphatic rings. The zero-order valence-corrected chi connectivity index (χ0v) is 8.42. The van der Waals surface area contributed by atoms with Crippen LogP contribution < -0.4 is 0 Å². The summed E-state index contributed by atoms with van der Waals surface area (Å²) in [7, 11) is 0. The van der Waals surface area contributed by atoms with Gasteiger partial charge in [-0.05, 0) is 41.6 Å². The number of hydrogen-bond acceptors (Lipinski definition) is 2. The van der Waals surface area contributed by atoms with Crippen LogP contribution in [0.4, 0.5) is 4.39 Å². The Labute approximate surface area is 82.5 Å². The Morgan fingerprint density at radius 1 is 1.58 bits per heavy atom. The zero-order valence-electron chi connectivity index (χ0n) is 6.27. The van der Waals surface area contributed by atoms with E-state index in [1.54, 1.807) is 22.6 Å². The molecule has 4 heteroatoms. The summed E-state index contributed by atoms with van der Waals surface area (Å²) in [5.74, 6) is -1.35. The van der Waals surface area contributed by atoms with Crippen molar-refractivity contribution in [1.82, 2.24) is 0 Å². The highest BCUT2D eigenvalue weighted by Crippen LogP contribution is 2.23. The second-order valence-electron chi connectivity index (χ2n) is 2.35. The smallest absolute Gasteiger partial charge is 0.178 e. The minimum Gasteiger partial charge on any atom is -0.505 e. The molecule has 0 aliphatic carbocycles. The van der Waals surface area contributed by atoms with E-state index in [0.29, 0.717) is 5.56 Å². The predicted molar refractivity (Wildman–Crippen MR) is 50.8 cm³/mol. The van der Waals surface area contributed by atoms with Crippen molar-refractivity contribution in [2.75, 3.05) is 0 Å². The highest BCUT2D eigenvalue weighted by atomic mass is 127. The van der Waals surface area contributed by atoms with Crippen molar-refractivity contribution in [2.24, 2.45) is 0 Å². The number of ketones is 1. The largest absolute Gasteiger partial charge is 0.505 e. The molecule has 1 N–H and O–H groups in total. The van der Waals surface area contributed by atoms with Crippen LogP contribution in [0, 0.1) is 9.39 Å². The van der Waals surface area contributed by atoms with Gasteiger partial charge < -0.3 is 5.11 Å². The van der Waals surface area contributed by atoms with Crippen molar-refractivity contribution in [1.29, 1.82) is 0 Å². The van der Waals surface area contributed by atoms with Gasteiger partial charge in [0.25, 0.3) is 0 Å². The fourth-order valence-electron chi connectivity index (χ4n) is 0.778. The van der Waals surface area contributed by atoms with E-state index in [0.717, 1.165) is 6.07 Å². The van der Waals surface area contributed by atoms with Crippen LogP contribution in [0.15, 0.2) is 12.1 Å². The summed E-state index contributed by atoms with van der Waals surface area (Å²) in [5, 5.41) is 9.00. The number of benzene rings is 1. The Kier molecular flexibility index (Phi) is 2.66. The maximum atomic E-state index is 12.8. The molecule has 1 rings (SSSR count). The first-order valence-electron chi connectivity index (χ1n) is 3.21. The maximum Gasteiger partial charge on any atom is 0.178 e. The molecule has 12 heavy (non-hydrogen) atoms. The third-order valence-corrected chi connectivity index (χ3v) is 2.20. The number of hydrogen-bond donors (Lipinski definition) is 1. The third kappa shape index (κ3) is 1.74. The van der Waals surface area contributed by atoms with E-state index >= 15 is 0 Å². The monoisotopic (exact) mass is 280 g/mol. The molecular weight excluding hydrogens is 274 g/mol. The van der Waals surface area contributed by atoms with E-state index in [2.05, 4.69) is 0 Å². The third-order valence-electron chi connectivity index (χ3n) is 1.42. The summed E-state index contributed by atoms with van der Waals surface area (Å²) in [6.07, 6.45) is 0. The highest BCUT2D eigenvalue weighted by Gasteiger charge is 2.09. The molecule has 0 radical (unpaired) electrons. The Hall–Kier alpha value is -0.650. The van der Waals surface area contributed by atoms with Gasteiger partial charge in [0.05, 0.1) is 3.57 Å². The van der Waals surface area contributed by atoms with Gasteiger partial charge in [0.2, 0.25) is 0 Å². The van der Waals surface area contributed by atoms with E-state index in [-0.39, 0.29) is 9.35 Å². The van der Waals surface area contributed by atoms with Gasteiger partial charge >= 0.3 is 0 Å². The maximum absolute atomic E-state index is 12.8. The minimum atomic E-state index is -0.680. The number of phenols is 1. The second-order valence-corrected chi connectivity index (χ2v) is 3.51. The lowest BCUT2D eigenvalue weighted by Gasteiger charge is -2.00. The molecule has 0 aliphatic heterocycles. The molecule has 0 fully saturated rings. The van der Waals surface area contributed by atoms with Crippen molar-refractivity contribution in [3.05, 3.63) is 27.1 Å². The topological polar surface area (TPSA) is 37.3 Å². The van der Waals surface area contributed by atoms with E-state index in [1.807, 2.05) is 0 Å². The average Bonchev–Trinajstić information content (AvgIpc) is 1.99. The molecular formula is C8H6FIO2. The van der Waals surface area contributed by atoms with E-state index in [1.165, 1.54) is 13.0 Å². The summed E-state index contributed by atoms with van der Waals surface area (Å²) in [6.45, 7) is 1.36. The number of halogens is 2. The molecule has 2 nitrogen and oxygen atoms in total. The predicted octanol–water partition coefficient (Wildman–Crippen LogP) is 2.34. The van der Waals surface area contributed by atoms with Crippen LogP contribution in [0.5, 0.6) is 5.75 Å². The molecule has 0 bridgehead atoms. The summed E-state index contributed by atoms with van der Waals surface area (Å²) >= 11 is 1.72. The molecule has 0 aromatic heterocycles. The molecule has 64 valence electrons. The number of rotatable bonds is 1. The van der Waals surface area contributed by atoms with Gasteiger partial charge in [0, 0.05) is 5.56 Å². The van der Waals surface area contributed by atoms with Gasteiger partial charge in [-0.1, -0.05) is 0 Å². The average molecular weight is 280 g/mol. The lowest BCUT2D eigenvalue weighted by atomic mass is 10.1. The Bertz CT molecular complexity index is 313. The van der Waals surface area contributed by atoms with Crippen molar-refractivity contribution in [3.8, 4) is 5.75 Å². The molecule has 0 unspecified atom stereocenters. The molecule has 0 saturated carbocycles. The number of carbonyl (C=O) groups excluding carboxylic acids is 1. The molecule has 1 aromatic carbocycles. The molecule has 0 amide bonds. The minimum absolute atomic E-state index is 0.191. The molecule has 0 spiro atoms. The molecule has 1 aromatic rings. The molecule has 0 heterocycles. The van der Waals surface area contributed by atoms with Gasteiger partial charge in [-0.2, -0.15) is 0 Å². The first kappa shape index (κ1) is 9.44. The van der Waals surface area contributed by atoms with Crippen LogP contribution in [-0.4, -0.2) is 10.9 Å². The standard InChI is InChI=1S/C8H6FIO2/c1-4(11)5-2-6(10)8(9)7(12)3-5/h2-3,12H,1H3. The number of Topliss-reactive ketones (excluding diaryl/α,β-unsaturated/α-hetero) is 1. The van der Waals surface area contributed by atoms with Crippen LogP contribution >= 0.6 is 22.6 Å². The zero-order chi connectivity index (χ0) is 9.30. The number of carbonyl (C=O) groups is 1. The quantitative estimate of drug-likeness (QED) is 0.633. The first-order chi connectivity index (χ1) is 5.52. The van der Waals surface area contributed by atoms with Crippen LogP contribution in [-0.2, 0) is 0 Å². The fourth-order valence-corrected chi connectivity index (χ4v) is 1.39. The molecule has 0 saturated heterocycles. The second kappa shape index (κ2) is 3.38. The van der Waals surface area contributed by atoms with Crippen molar-refractivity contribution in [2.45, 2.75) is 6.92 Å². The van der Waals surface area contributed by atoms with Gasteiger partial charge in [-0.15, -0.1) is 0 Å². The van der Waals surface area contributed by atoms with Crippen molar-refractivity contribution in [3.63, 3.8) is 0 Å². The van der Waals surface area contributed by atoms with Crippen molar-refractivity contribution < 1.29 is 14.3 Å². The van der Waals surface area contributed by atoms with Gasteiger partial charge in [-0.3, -0.25) is 4.79 Å². The summed E-state index contributed by atoms with van der Waals surface area (Å²) < 4.78 is 13.1. The van der Waals surface area contributed by atoms with Crippen LogP contribution in [0.25, 0.3) is 0 Å². The van der Waals surface area contributed by atoms with Crippen LogP contribution in [0.1, 0.15) is 17.3 Å². The van der Waals surface area contributed by atoms with Crippen LogP contribution in [0.2, 0.25) is 0 Å². The number of aromatic hydroxyl groups is 1. The Morgan fingerprint density at radius 2 is 2.17 bits per heavy atom. The lowest BCUT2D eigenvalue weighted by Crippen LogP contribution is -1.94. The van der Waals surface area contributed by atoms with E-state index in [4.69, 9.17) is 5.11 Å². The van der Waals surface area contributed by atoms with Gasteiger partial charge in [0.15, 0.2) is 17.3 Å².